The third kappa shape index (κ3) is 3.14. The molecule has 3 rings (SSSR count). The fourth-order valence-electron chi connectivity index (χ4n) is 2.43. The quantitative estimate of drug-likeness (QED) is 0.800. The van der Waals surface area contributed by atoms with Gasteiger partial charge in [0.05, 0.1) is 5.69 Å². The Morgan fingerprint density at radius 2 is 1.86 bits per heavy atom. The number of nitrogens with one attached hydrogen (secondary N) is 1. The lowest BCUT2D eigenvalue weighted by molar-refractivity contribution is 0.853. The third-order valence-electron chi connectivity index (χ3n) is 3.49. The predicted octanol–water partition coefficient (Wildman–Crippen LogP) is 3.45. The van der Waals surface area contributed by atoms with Crippen LogP contribution in [0, 0.1) is 13.8 Å². The minimum Gasteiger partial charge on any atom is -0.363 e. The molecule has 2 heterocycles. The largest absolute Gasteiger partial charge is 0.363 e. The molecule has 3 aromatic rings. The lowest BCUT2D eigenvalue weighted by atomic mass is 10.1. The number of aromatic nitrogens is 4. The molecule has 0 fully saturated rings. The highest BCUT2D eigenvalue weighted by Crippen LogP contribution is 2.19. The Morgan fingerprint density at radius 1 is 1.09 bits per heavy atom. The van der Waals surface area contributed by atoms with E-state index < -0.39 is 0 Å². The van der Waals surface area contributed by atoms with Crippen LogP contribution in [0.1, 0.15) is 30.0 Å². The normalized spacial score (nSPS) is 12.1. The highest BCUT2D eigenvalue weighted by molar-refractivity contribution is 5.41. The van der Waals surface area contributed by atoms with Gasteiger partial charge in [0.15, 0.2) is 0 Å². The Morgan fingerprint density at radius 3 is 2.50 bits per heavy atom. The summed E-state index contributed by atoms with van der Waals surface area (Å²) in [4.78, 5) is 8.71. The summed E-state index contributed by atoms with van der Waals surface area (Å²) in [5.41, 5.74) is 3.22. The Bertz CT molecular complexity index is 727. The van der Waals surface area contributed by atoms with Gasteiger partial charge in [-0.25, -0.2) is 14.6 Å². The maximum Gasteiger partial charge on any atom is 0.130 e. The number of nitrogens with zero attached hydrogens (tertiary/aromatic N) is 4. The van der Waals surface area contributed by atoms with Crippen molar-refractivity contribution in [3.8, 4) is 5.69 Å². The first-order chi connectivity index (χ1) is 10.6. The zero-order valence-electron chi connectivity index (χ0n) is 13.0. The summed E-state index contributed by atoms with van der Waals surface area (Å²) in [6.45, 7) is 6.00. The highest BCUT2D eigenvalue weighted by Gasteiger charge is 2.07. The van der Waals surface area contributed by atoms with Crippen molar-refractivity contribution >= 4 is 5.82 Å². The summed E-state index contributed by atoms with van der Waals surface area (Å²) in [5.74, 6) is 1.64. The third-order valence-corrected chi connectivity index (χ3v) is 3.49. The molecule has 5 nitrogen and oxygen atoms in total. The number of hydrogen-bond donors (Lipinski definition) is 1. The van der Waals surface area contributed by atoms with Crippen LogP contribution in [0.3, 0.4) is 0 Å². The lowest BCUT2D eigenvalue weighted by Crippen LogP contribution is -2.09. The molecule has 0 spiro atoms. The first-order valence-corrected chi connectivity index (χ1v) is 7.30. The van der Waals surface area contributed by atoms with E-state index in [0.717, 1.165) is 23.0 Å². The van der Waals surface area contributed by atoms with Crippen LogP contribution in [-0.2, 0) is 0 Å². The Hall–Kier alpha value is -2.69. The molecule has 1 atom stereocenters. The van der Waals surface area contributed by atoms with Crippen molar-refractivity contribution in [2.45, 2.75) is 26.8 Å². The van der Waals surface area contributed by atoms with Crippen molar-refractivity contribution in [1.82, 2.24) is 19.7 Å². The molecule has 112 valence electrons. The molecule has 0 saturated heterocycles. The first-order valence-electron chi connectivity index (χ1n) is 7.30. The van der Waals surface area contributed by atoms with Crippen molar-refractivity contribution in [3.63, 3.8) is 0 Å². The maximum atomic E-state index is 4.42. The van der Waals surface area contributed by atoms with E-state index in [2.05, 4.69) is 51.6 Å². The van der Waals surface area contributed by atoms with Gasteiger partial charge in [0.25, 0.3) is 0 Å². The predicted molar refractivity (Wildman–Crippen MR) is 87.1 cm³/mol. The number of anilines is 1. The highest BCUT2D eigenvalue weighted by atomic mass is 15.3. The fourth-order valence-corrected chi connectivity index (χ4v) is 2.43. The second-order valence-corrected chi connectivity index (χ2v) is 5.35. The molecule has 2 aromatic heterocycles. The lowest BCUT2D eigenvalue weighted by Gasteiger charge is -2.16. The Kier molecular flexibility index (Phi) is 3.87. The van der Waals surface area contributed by atoms with E-state index in [4.69, 9.17) is 0 Å². The molecule has 0 radical (unpaired) electrons. The van der Waals surface area contributed by atoms with Crippen LogP contribution in [0.15, 0.2) is 48.8 Å². The average Bonchev–Trinajstić information content (AvgIpc) is 3.00. The second kappa shape index (κ2) is 5.97. The van der Waals surface area contributed by atoms with E-state index >= 15 is 0 Å². The molecule has 1 aromatic carbocycles. The van der Waals surface area contributed by atoms with Crippen molar-refractivity contribution in [2.24, 2.45) is 0 Å². The van der Waals surface area contributed by atoms with Crippen molar-refractivity contribution < 1.29 is 0 Å². The summed E-state index contributed by atoms with van der Waals surface area (Å²) in [7, 11) is 0. The van der Waals surface area contributed by atoms with Gasteiger partial charge in [-0.15, -0.1) is 0 Å². The van der Waals surface area contributed by atoms with Gasteiger partial charge >= 0.3 is 0 Å². The summed E-state index contributed by atoms with van der Waals surface area (Å²) in [6.07, 6.45) is 3.71. The molecule has 0 saturated carbocycles. The monoisotopic (exact) mass is 293 g/mol. The fraction of sp³-hybridized carbons (Fsp3) is 0.235. The Balaban J connectivity index is 1.76. The van der Waals surface area contributed by atoms with Crippen molar-refractivity contribution in [1.29, 1.82) is 0 Å². The minimum absolute atomic E-state index is 0.167. The number of benzene rings is 1. The van der Waals surface area contributed by atoms with Gasteiger partial charge in [-0.1, -0.05) is 12.1 Å². The molecule has 0 aliphatic heterocycles. The molecule has 0 amide bonds. The summed E-state index contributed by atoms with van der Waals surface area (Å²) < 4.78 is 1.85. The molecule has 0 bridgehead atoms. The van der Waals surface area contributed by atoms with Gasteiger partial charge in [0.1, 0.15) is 11.6 Å². The van der Waals surface area contributed by atoms with Crippen molar-refractivity contribution in [3.05, 3.63) is 65.9 Å². The van der Waals surface area contributed by atoms with Crippen LogP contribution in [-0.4, -0.2) is 19.7 Å². The summed E-state index contributed by atoms with van der Waals surface area (Å²) >= 11 is 0. The van der Waals surface area contributed by atoms with Crippen LogP contribution in [0.25, 0.3) is 5.69 Å². The average molecular weight is 293 g/mol. The van der Waals surface area contributed by atoms with Crippen LogP contribution >= 0.6 is 0 Å². The standard InChI is InChI=1S/C17H19N5/c1-12-11-17(21-14(3)19-12)20-13(2)15-5-7-16(8-6-15)22-10-4-9-18-22/h4-11,13H,1-3H3,(H,19,20,21). The number of rotatable bonds is 4. The number of aryl methyl sites for hydroxylation is 2. The van der Waals surface area contributed by atoms with Gasteiger partial charge in [0.2, 0.25) is 0 Å². The van der Waals surface area contributed by atoms with Crippen molar-refractivity contribution in [2.75, 3.05) is 5.32 Å². The maximum absolute atomic E-state index is 4.42. The van der Waals surface area contributed by atoms with E-state index in [0.29, 0.717) is 0 Å². The van der Waals surface area contributed by atoms with Gasteiger partial charge < -0.3 is 5.32 Å². The van der Waals surface area contributed by atoms with Gasteiger partial charge in [0, 0.05) is 30.2 Å². The van der Waals surface area contributed by atoms with Crippen LogP contribution in [0.5, 0.6) is 0 Å². The second-order valence-electron chi connectivity index (χ2n) is 5.35. The number of hydrogen-bond acceptors (Lipinski definition) is 4. The van der Waals surface area contributed by atoms with Crippen LogP contribution < -0.4 is 5.32 Å². The Labute approximate surface area is 130 Å². The van der Waals surface area contributed by atoms with E-state index in [1.54, 1.807) is 6.20 Å². The molecule has 22 heavy (non-hydrogen) atoms. The first kappa shape index (κ1) is 14.3. The van der Waals surface area contributed by atoms with Crippen LogP contribution in [0.4, 0.5) is 5.82 Å². The zero-order valence-corrected chi connectivity index (χ0v) is 13.0. The molecule has 5 heteroatoms. The van der Waals surface area contributed by atoms with Gasteiger partial charge in [-0.3, -0.25) is 0 Å². The van der Waals surface area contributed by atoms with E-state index in [1.165, 1.54) is 5.56 Å². The summed E-state index contributed by atoms with van der Waals surface area (Å²) in [6, 6.07) is 12.4. The molecule has 1 N–H and O–H groups in total. The molecular weight excluding hydrogens is 274 g/mol. The van der Waals surface area contributed by atoms with E-state index in [1.807, 2.05) is 36.9 Å². The van der Waals surface area contributed by atoms with E-state index in [9.17, 15) is 0 Å². The SMILES string of the molecule is Cc1cc(NC(C)c2ccc(-n3cccn3)cc2)nc(C)n1. The molecular formula is C17H19N5. The van der Waals surface area contributed by atoms with E-state index in [-0.39, 0.29) is 6.04 Å². The summed E-state index contributed by atoms with van der Waals surface area (Å²) in [5, 5.41) is 7.65. The molecule has 0 aliphatic carbocycles. The zero-order chi connectivity index (χ0) is 15.5. The topological polar surface area (TPSA) is 55.6 Å². The smallest absolute Gasteiger partial charge is 0.130 e. The molecule has 0 aliphatic rings. The van der Waals surface area contributed by atoms with Gasteiger partial charge in [-0.05, 0) is 44.5 Å². The molecule has 1 unspecified atom stereocenters. The van der Waals surface area contributed by atoms with Gasteiger partial charge in [-0.2, -0.15) is 5.10 Å². The van der Waals surface area contributed by atoms with Crippen LogP contribution in [0.2, 0.25) is 0 Å². The minimum atomic E-state index is 0.167.